The van der Waals surface area contributed by atoms with Crippen molar-refractivity contribution in [3.05, 3.63) is 45.8 Å². The van der Waals surface area contributed by atoms with Crippen LogP contribution in [0.15, 0.2) is 29.3 Å². The minimum Gasteiger partial charge on any atom is -0.490 e. The second-order valence-electron chi connectivity index (χ2n) is 6.25. The predicted molar refractivity (Wildman–Crippen MR) is 98.5 cm³/mol. The number of thiophene rings is 1. The maximum absolute atomic E-state index is 9.54. The molecule has 2 aromatic rings. The molecule has 0 amide bonds. The van der Waals surface area contributed by atoms with Gasteiger partial charge in [0.25, 0.3) is 0 Å². The fourth-order valence-electron chi connectivity index (χ4n) is 2.80. The van der Waals surface area contributed by atoms with Gasteiger partial charge < -0.3 is 9.64 Å². The Kier molecular flexibility index (Phi) is 4.98. The van der Waals surface area contributed by atoms with E-state index in [4.69, 9.17) is 4.74 Å². The molecule has 0 fully saturated rings. The highest BCUT2D eigenvalue weighted by atomic mass is 32.1. The number of aliphatic imine (C=N–C) groups is 1. The van der Waals surface area contributed by atoms with Gasteiger partial charge in [-0.25, -0.2) is 4.99 Å². The highest BCUT2D eigenvalue weighted by Crippen LogP contribution is 2.38. The standard InChI is InChI=1S/C19H21N3OS/c1-13(2)23-17-7-5-4-6-14(17)11-21-19-16(10-20)15-8-9-22(3)12-18(15)24-19/h4-7,11,13H,8-9,12H2,1-3H3. The minimum atomic E-state index is 0.110. The Labute approximate surface area is 147 Å². The Bertz CT molecular complexity index is 801. The van der Waals surface area contributed by atoms with Gasteiger partial charge >= 0.3 is 0 Å². The molecule has 0 spiro atoms. The lowest BCUT2D eigenvalue weighted by molar-refractivity contribution is 0.242. The van der Waals surface area contributed by atoms with Gasteiger partial charge in [-0.3, -0.25) is 0 Å². The summed E-state index contributed by atoms with van der Waals surface area (Å²) in [7, 11) is 2.11. The van der Waals surface area contributed by atoms with E-state index in [0.717, 1.165) is 41.4 Å². The van der Waals surface area contributed by atoms with Crippen LogP contribution in [-0.4, -0.2) is 30.8 Å². The van der Waals surface area contributed by atoms with E-state index < -0.39 is 0 Å². The molecule has 5 heteroatoms. The number of ether oxygens (including phenoxy) is 1. The number of para-hydroxylation sites is 1. The van der Waals surface area contributed by atoms with Crippen molar-refractivity contribution in [2.75, 3.05) is 13.6 Å². The first-order chi connectivity index (χ1) is 11.6. The molecule has 1 aromatic heterocycles. The molecule has 1 aromatic carbocycles. The topological polar surface area (TPSA) is 48.6 Å². The van der Waals surface area contributed by atoms with Crippen LogP contribution < -0.4 is 4.74 Å². The smallest absolute Gasteiger partial charge is 0.134 e. The molecule has 3 rings (SSSR count). The molecular formula is C19H21N3OS. The van der Waals surface area contributed by atoms with Crippen molar-refractivity contribution < 1.29 is 4.74 Å². The number of hydrogen-bond donors (Lipinski definition) is 0. The average Bonchev–Trinajstić information content (AvgIpc) is 2.90. The number of fused-ring (bicyclic) bond motifs is 1. The van der Waals surface area contributed by atoms with Gasteiger partial charge in [0.05, 0.1) is 11.7 Å². The Morgan fingerprint density at radius 3 is 2.92 bits per heavy atom. The lowest BCUT2D eigenvalue weighted by Gasteiger charge is -2.21. The van der Waals surface area contributed by atoms with Gasteiger partial charge in [0.1, 0.15) is 16.8 Å². The van der Waals surface area contributed by atoms with Gasteiger partial charge in [-0.05, 0) is 45.0 Å². The average molecular weight is 339 g/mol. The first-order valence-electron chi connectivity index (χ1n) is 8.11. The van der Waals surface area contributed by atoms with Crippen molar-refractivity contribution in [3.8, 4) is 11.8 Å². The predicted octanol–water partition coefficient (Wildman–Crippen LogP) is 4.15. The van der Waals surface area contributed by atoms with E-state index in [-0.39, 0.29) is 6.10 Å². The Morgan fingerprint density at radius 2 is 2.17 bits per heavy atom. The van der Waals surface area contributed by atoms with Crippen LogP contribution in [0.2, 0.25) is 0 Å². The largest absolute Gasteiger partial charge is 0.490 e. The lowest BCUT2D eigenvalue weighted by atomic mass is 10.0. The van der Waals surface area contributed by atoms with Crippen molar-refractivity contribution >= 4 is 22.6 Å². The van der Waals surface area contributed by atoms with E-state index in [1.807, 2.05) is 38.1 Å². The number of likely N-dealkylation sites (N-methyl/N-ethyl adjacent to an activating group) is 1. The third kappa shape index (κ3) is 3.50. The zero-order valence-corrected chi connectivity index (χ0v) is 15.1. The summed E-state index contributed by atoms with van der Waals surface area (Å²) in [4.78, 5) is 8.16. The molecule has 0 unspecified atom stereocenters. The number of rotatable bonds is 4. The zero-order chi connectivity index (χ0) is 17.1. The number of nitrogens with zero attached hydrogens (tertiary/aromatic N) is 3. The highest BCUT2D eigenvalue weighted by Gasteiger charge is 2.22. The van der Waals surface area contributed by atoms with E-state index in [2.05, 4.69) is 23.0 Å². The van der Waals surface area contributed by atoms with Gasteiger partial charge in [0, 0.05) is 29.7 Å². The van der Waals surface area contributed by atoms with Crippen molar-refractivity contribution in [3.63, 3.8) is 0 Å². The van der Waals surface area contributed by atoms with E-state index in [1.165, 1.54) is 10.4 Å². The number of nitriles is 1. The van der Waals surface area contributed by atoms with Crippen molar-refractivity contribution in [2.24, 2.45) is 4.99 Å². The van der Waals surface area contributed by atoms with Crippen LogP contribution in [0.5, 0.6) is 5.75 Å². The van der Waals surface area contributed by atoms with E-state index in [1.54, 1.807) is 17.6 Å². The molecule has 0 radical (unpaired) electrons. The van der Waals surface area contributed by atoms with Crippen molar-refractivity contribution in [1.82, 2.24) is 4.90 Å². The summed E-state index contributed by atoms with van der Waals surface area (Å²) in [6, 6.07) is 10.2. The summed E-state index contributed by atoms with van der Waals surface area (Å²) in [5.74, 6) is 0.816. The summed E-state index contributed by atoms with van der Waals surface area (Å²) in [6.07, 6.45) is 2.84. The van der Waals surface area contributed by atoms with Crippen LogP contribution >= 0.6 is 11.3 Å². The van der Waals surface area contributed by atoms with Crippen LogP contribution in [0.25, 0.3) is 0 Å². The van der Waals surface area contributed by atoms with E-state index in [0.29, 0.717) is 0 Å². The van der Waals surface area contributed by atoms with Gasteiger partial charge in [-0.2, -0.15) is 5.26 Å². The Morgan fingerprint density at radius 1 is 1.38 bits per heavy atom. The maximum Gasteiger partial charge on any atom is 0.134 e. The Balaban J connectivity index is 1.92. The fraction of sp³-hybridized carbons (Fsp3) is 0.368. The quantitative estimate of drug-likeness (QED) is 0.786. The third-order valence-electron chi connectivity index (χ3n) is 3.94. The van der Waals surface area contributed by atoms with Gasteiger partial charge in [0.2, 0.25) is 0 Å². The normalized spacial score (nSPS) is 14.8. The van der Waals surface area contributed by atoms with Crippen LogP contribution in [0.4, 0.5) is 5.00 Å². The molecule has 0 atom stereocenters. The SMILES string of the molecule is CC(C)Oc1ccccc1C=Nc1sc2c(c1C#N)CCN(C)C2. The number of hydrogen-bond acceptors (Lipinski definition) is 5. The molecule has 0 saturated carbocycles. The fourth-order valence-corrected chi connectivity index (χ4v) is 4.02. The second-order valence-corrected chi connectivity index (χ2v) is 7.33. The minimum absolute atomic E-state index is 0.110. The molecule has 4 nitrogen and oxygen atoms in total. The van der Waals surface area contributed by atoms with Crippen LogP contribution in [-0.2, 0) is 13.0 Å². The van der Waals surface area contributed by atoms with Crippen LogP contribution in [0.1, 0.15) is 35.4 Å². The van der Waals surface area contributed by atoms with Gasteiger partial charge in [0.15, 0.2) is 0 Å². The summed E-state index contributed by atoms with van der Waals surface area (Å²) in [5.41, 5.74) is 2.85. The lowest BCUT2D eigenvalue weighted by Crippen LogP contribution is -2.25. The molecule has 0 saturated heterocycles. The van der Waals surface area contributed by atoms with E-state index >= 15 is 0 Å². The van der Waals surface area contributed by atoms with E-state index in [9.17, 15) is 5.26 Å². The monoisotopic (exact) mass is 339 g/mol. The third-order valence-corrected chi connectivity index (χ3v) is 5.07. The zero-order valence-electron chi connectivity index (χ0n) is 14.2. The summed E-state index contributed by atoms with van der Waals surface area (Å²) >= 11 is 1.63. The highest BCUT2D eigenvalue weighted by molar-refractivity contribution is 7.16. The summed E-state index contributed by atoms with van der Waals surface area (Å²) in [5, 5.41) is 10.3. The van der Waals surface area contributed by atoms with Gasteiger partial charge in [-0.1, -0.05) is 12.1 Å². The van der Waals surface area contributed by atoms with Crippen molar-refractivity contribution in [1.29, 1.82) is 5.26 Å². The summed E-state index contributed by atoms with van der Waals surface area (Å²) < 4.78 is 5.83. The molecule has 0 N–H and O–H groups in total. The molecule has 1 aliphatic rings. The van der Waals surface area contributed by atoms with Crippen molar-refractivity contribution in [2.45, 2.75) is 32.9 Å². The second kappa shape index (κ2) is 7.16. The molecule has 124 valence electrons. The molecular weight excluding hydrogens is 318 g/mol. The van der Waals surface area contributed by atoms with Gasteiger partial charge in [-0.15, -0.1) is 11.3 Å². The maximum atomic E-state index is 9.54. The first kappa shape index (κ1) is 16.7. The van der Waals surface area contributed by atoms with Crippen LogP contribution in [0, 0.1) is 11.3 Å². The molecule has 1 aliphatic heterocycles. The summed E-state index contributed by atoms with van der Waals surface area (Å²) in [6.45, 7) is 5.90. The molecule has 0 bridgehead atoms. The molecule has 0 aliphatic carbocycles. The first-order valence-corrected chi connectivity index (χ1v) is 8.93. The van der Waals surface area contributed by atoms with Crippen LogP contribution in [0.3, 0.4) is 0 Å². The molecule has 2 heterocycles. The molecule has 24 heavy (non-hydrogen) atoms. The Hall–Kier alpha value is -2.16. The number of benzene rings is 1.